The summed E-state index contributed by atoms with van der Waals surface area (Å²) in [6.45, 7) is 2.18. The van der Waals surface area contributed by atoms with Crippen LogP contribution in [0.15, 0.2) is 70.6 Å². The Morgan fingerprint density at radius 2 is 1.89 bits per heavy atom. The maximum Gasteiger partial charge on any atom is 0.335 e. The van der Waals surface area contributed by atoms with Crippen molar-refractivity contribution in [1.82, 2.24) is 5.32 Å². The predicted octanol–water partition coefficient (Wildman–Crippen LogP) is 5.83. The molecule has 35 heavy (non-hydrogen) atoms. The molecular weight excluding hydrogens is 488 g/mol. The normalized spacial score (nSPS) is 15.3. The third-order valence-corrected chi connectivity index (χ3v) is 6.28. The Hall–Kier alpha value is -3.75. The van der Waals surface area contributed by atoms with Gasteiger partial charge in [-0.25, -0.2) is 9.79 Å². The van der Waals surface area contributed by atoms with Crippen LogP contribution in [0.2, 0.25) is 5.02 Å². The molecular formula is C26H21ClN2O5S. The van der Waals surface area contributed by atoms with Crippen LogP contribution < -0.4 is 14.8 Å². The number of nitrogens with zero attached hydrogens (tertiary/aromatic N) is 1. The zero-order valence-electron chi connectivity index (χ0n) is 18.9. The number of aryl methyl sites for hydroxylation is 1. The maximum atomic E-state index is 12.5. The van der Waals surface area contributed by atoms with E-state index in [4.69, 9.17) is 21.1 Å². The number of benzene rings is 3. The summed E-state index contributed by atoms with van der Waals surface area (Å²) in [6.07, 6.45) is 1.73. The number of carboxylic acids is 1. The molecule has 0 aliphatic carbocycles. The number of halogens is 1. The van der Waals surface area contributed by atoms with Crippen molar-refractivity contribution in [3.63, 3.8) is 0 Å². The van der Waals surface area contributed by atoms with E-state index in [0.717, 1.165) is 16.7 Å². The Kier molecular flexibility index (Phi) is 7.43. The second-order valence-electron chi connectivity index (χ2n) is 7.61. The van der Waals surface area contributed by atoms with Gasteiger partial charge in [0.25, 0.3) is 5.91 Å². The van der Waals surface area contributed by atoms with Crippen molar-refractivity contribution in [2.45, 2.75) is 13.5 Å². The highest BCUT2D eigenvalue weighted by molar-refractivity contribution is 8.18. The van der Waals surface area contributed by atoms with Crippen molar-refractivity contribution in [3.8, 4) is 11.5 Å². The number of thioether (sulfide) groups is 1. The topological polar surface area (TPSA) is 97.2 Å². The van der Waals surface area contributed by atoms with Gasteiger partial charge in [-0.05, 0) is 77.9 Å². The Bertz CT molecular complexity index is 1350. The van der Waals surface area contributed by atoms with Crippen LogP contribution in [0.3, 0.4) is 0 Å². The highest BCUT2D eigenvalue weighted by Crippen LogP contribution is 2.33. The fraction of sp³-hybridized carbons (Fsp3) is 0.115. The van der Waals surface area contributed by atoms with Gasteiger partial charge < -0.3 is 19.9 Å². The zero-order chi connectivity index (χ0) is 24.9. The first-order chi connectivity index (χ1) is 16.8. The molecule has 1 aliphatic rings. The molecule has 4 rings (SSSR count). The molecule has 1 amide bonds. The number of hydrogen-bond donors (Lipinski definition) is 2. The summed E-state index contributed by atoms with van der Waals surface area (Å²) in [5, 5.41) is 13.0. The molecule has 1 aliphatic heterocycles. The Balaban J connectivity index is 1.51. The summed E-state index contributed by atoms with van der Waals surface area (Å²) in [5.74, 6) is -0.219. The maximum absolute atomic E-state index is 12.5. The summed E-state index contributed by atoms with van der Waals surface area (Å²) in [7, 11) is 1.55. The standard InChI is InChI=1S/C26H21ClN2O5S/c1-15-3-7-18(25(31)32)13-20(15)28-26-29-24(30)23(35-26)12-17-6-10-21(22(11-17)33-2)34-14-16-4-8-19(27)9-5-16/h3-13H,14H2,1-2H3,(H,31,32)(H,28,29,30)/b23-12-. The summed E-state index contributed by atoms with van der Waals surface area (Å²) in [6, 6.07) is 17.5. The Morgan fingerprint density at radius 3 is 2.60 bits per heavy atom. The van der Waals surface area contributed by atoms with E-state index >= 15 is 0 Å². The number of amidine groups is 1. The monoisotopic (exact) mass is 508 g/mol. The van der Waals surface area contributed by atoms with Crippen molar-refractivity contribution in [2.75, 3.05) is 7.11 Å². The molecule has 1 heterocycles. The van der Waals surface area contributed by atoms with Gasteiger partial charge in [-0.15, -0.1) is 0 Å². The summed E-state index contributed by atoms with van der Waals surface area (Å²) >= 11 is 7.10. The van der Waals surface area contributed by atoms with Crippen LogP contribution in [0.25, 0.3) is 6.08 Å². The fourth-order valence-electron chi connectivity index (χ4n) is 3.24. The second kappa shape index (κ2) is 10.7. The summed E-state index contributed by atoms with van der Waals surface area (Å²) in [4.78, 5) is 28.6. The first-order valence-electron chi connectivity index (χ1n) is 10.5. The van der Waals surface area contributed by atoms with E-state index in [1.165, 1.54) is 23.9 Å². The van der Waals surface area contributed by atoms with E-state index in [1.807, 2.05) is 25.1 Å². The number of amides is 1. The molecule has 178 valence electrons. The first-order valence-corrected chi connectivity index (χ1v) is 11.7. The number of aliphatic imine (C=N–C) groups is 1. The van der Waals surface area contributed by atoms with Crippen molar-refractivity contribution in [3.05, 3.63) is 92.8 Å². The third-order valence-electron chi connectivity index (χ3n) is 5.12. The number of carbonyl (C=O) groups is 2. The molecule has 2 N–H and O–H groups in total. The lowest BCUT2D eigenvalue weighted by Gasteiger charge is -2.11. The lowest BCUT2D eigenvalue weighted by molar-refractivity contribution is -0.115. The first kappa shape index (κ1) is 24.4. The zero-order valence-corrected chi connectivity index (χ0v) is 20.4. The number of methoxy groups -OCH3 is 1. The lowest BCUT2D eigenvalue weighted by atomic mass is 10.1. The summed E-state index contributed by atoms with van der Waals surface area (Å²) in [5.41, 5.74) is 3.14. The number of nitrogens with one attached hydrogen (secondary N) is 1. The number of carbonyl (C=O) groups excluding carboxylic acids is 1. The van der Waals surface area contributed by atoms with Crippen LogP contribution in [0.5, 0.6) is 11.5 Å². The molecule has 0 spiro atoms. The number of hydrogen-bond acceptors (Lipinski definition) is 6. The number of aromatic carboxylic acids is 1. The van der Waals surface area contributed by atoms with Crippen LogP contribution in [-0.2, 0) is 11.4 Å². The van der Waals surface area contributed by atoms with Gasteiger partial charge in [0, 0.05) is 5.02 Å². The summed E-state index contributed by atoms with van der Waals surface area (Å²) < 4.78 is 11.4. The van der Waals surface area contributed by atoms with Gasteiger partial charge in [0.15, 0.2) is 16.7 Å². The van der Waals surface area contributed by atoms with E-state index in [0.29, 0.717) is 38.9 Å². The molecule has 1 fully saturated rings. The fourth-order valence-corrected chi connectivity index (χ4v) is 4.20. The van der Waals surface area contributed by atoms with E-state index in [9.17, 15) is 14.7 Å². The molecule has 0 radical (unpaired) electrons. The molecule has 1 saturated heterocycles. The van der Waals surface area contributed by atoms with Gasteiger partial charge in [0.2, 0.25) is 0 Å². The molecule has 0 unspecified atom stereocenters. The van der Waals surface area contributed by atoms with Crippen LogP contribution >= 0.6 is 23.4 Å². The van der Waals surface area contributed by atoms with Crippen LogP contribution in [-0.4, -0.2) is 29.3 Å². The van der Waals surface area contributed by atoms with Crippen molar-refractivity contribution in [2.24, 2.45) is 4.99 Å². The molecule has 9 heteroatoms. The smallest absolute Gasteiger partial charge is 0.335 e. The minimum absolute atomic E-state index is 0.130. The average Bonchev–Trinajstić information content (AvgIpc) is 3.18. The van der Waals surface area contributed by atoms with Crippen molar-refractivity contribution >= 4 is 52.2 Å². The van der Waals surface area contributed by atoms with Crippen LogP contribution in [0.4, 0.5) is 5.69 Å². The van der Waals surface area contributed by atoms with Gasteiger partial charge in [-0.3, -0.25) is 4.79 Å². The number of carboxylic acid groups (broad SMARTS) is 1. The van der Waals surface area contributed by atoms with Crippen molar-refractivity contribution < 1.29 is 24.2 Å². The van der Waals surface area contributed by atoms with Crippen LogP contribution in [0, 0.1) is 6.92 Å². The molecule has 0 aromatic heterocycles. The second-order valence-corrected chi connectivity index (χ2v) is 9.08. The van der Waals surface area contributed by atoms with Gasteiger partial charge in [0.05, 0.1) is 23.3 Å². The van der Waals surface area contributed by atoms with Gasteiger partial charge >= 0.3 is 5.97 Å². The van der Waals surface area contributed by atoms with E-state index in [-0.39, 0.29) is 11.5 Å². The molecule has 3 aromatic carbocycles. The predicted molar refractivity (Wildman–Crippen MR) is 138 cm³/mol. The number of ether oxygens (including phenoxy) is 2. The van der Waals surface area contributed by atoms with Crippen molar-refractivity contribution in [1.29, 1.82) is 0 Å². The van der Waals surface area contributed by atoms with E-state index in [2.05, 4.69) is 10.3 Å². The van der Waals surface area contributed by atoms with Gasteiger partial charge in [-0.2, -0.15) is 0 Å². The molecule has 3 aromatic rings. The quantitative estimate of drug-likeness (QED) is 0.390. The Labute approximate surface area is 211 Å². The molecule has 7 nitrogen and oxygen atoms in total. The van der Waals surface area contributed by atoms with Crippen LogP contribution in [0.1, 0.15) is 27.0 Å². The van der Waals surface area contributed by atoms with E-state index < -0.39 is 5.97 Å². The highest BCUT2D eigenvalue weighted by atomic mass is 35.5. The third kappa shape index (κ3) is 6.03. The molecule has 0 atom stereocenters. The minimum atomic E-state index is -1.04. The Morgan fingerprint density at radius 1 is 1.11 bits per heavy atom. The lowest BCUT2D eigenvalue weighted by Crippen LogP contribution is -2.19. The highest BCUT2D eigenvalue weighted by Gasteiger charge is 2.24. The average molecular weight is 509 g/mol. The SMILES string of the molecule is COc1cc(/C=C2\SC(=Nc3cc(C(=O)O)ccc3C)NC2=O)ccc1OCc1ccc(Cl)cc1. The molecule has 0 saturated carbocycles. The van der Waals surface area contributed by atoms with Gasteiger partial charge in [-0.1, -0.05) is 35.9 Å². The van der Waals surface area contributed by atoms with E-state index in [1.54, 1.807) is 43.5 Å². The number of rotatable bonds is 7. The minimum Gasteiger partial charge on any atom is -0.493 e. The molecule has 0 bridgehead atoms. The van der Waals surface area contributed by atoms with Gasteiger partial charge in [0.1, 0.15) is 6.61 Å². The largest absolute Gasteiger partial charge is 0.493 e.